The van der Waals surface area contributed by atoms with Crippen molar-refractivity contribution in [2.75, 3.05) is 13.1 Å². The van der Waals surface area contributed by atoms with Gasteiger partial charge in [0.05, 0.1) is 0 Å². The summed E-state index contributed by atoms with van der Waals surface area (Å²) < 4.78 is 0. The van der Waals surface area contributed by atoms with Crippen LogP contribution in [-0.4, -0.2) is 36.0 Å². The number of hydrogen-bond acceptors (Lipinski definition) is 2. The fourth-order valence-electron chi connectivity index (χ4n) is 4.37. The minimum Gasteiger partial charge on any atom is -0.352 e. The zero-order valence-electron chi connectivity index (χ0n) is 12.8. The summed E-state index contributed by atoms with van der Waals surface area (Å²) in [6.45, 7) is 2.30. The predicted octanol–water partition coefficient (Wildman–Crippen LogP) is 3.09. The van der Waals surface area contributed by atoms with E-state index in [4.69, 9.17) is 0 Å². The Hall–Kier alpha value is -0.570. The van der Waals surface area contributed by atoms with Gasteiger partial charge in [0.2, 0.25) is 5.91 Å². The van der Waals surface area contributed by atoms with E-state index in [9.17, 15) is 4.79 Å². The van der Waals surface area contributed by atoms with Crippen LogP contribution in [-0.2, 0) is 4.79 Å². The minimum absolute atomic E-state index is 0.312. The standard InChI is InChI=1S/C17H30N2O/c20-17(14-7-3-1-4-8-14)18-15-11-12-19(13-15)16-9-5-2-6-10-16/h14-16H,1-13H2,(H,18,20). The van der Waals surface area contributed by atoms with E-state index in [0.717, 1.165) is 31.8 Å². The first kappa shape index (κ1) is 14.4. The molecule has 1 amide bonds. The van der Waals surface area contributed by atoms with Crippen LogP contribution in [0.4, 0.5) is 0 Å². The van der Waals surface area contributed by atoms with Crippen molar-refractivity contribution in [3.05, 3.63) is 0 Å². The average molecular weight is 278 g/mol. The highest BCUT2D eigenvalue weighted by Crippen LogP contribution is 2.27. The van der Waals surface area contributed by atoms with Crippen LogP contribution in [0, 0.1) is 5.92 Å². The van der Waals surface area contributed by atoms with Gasteiger partial charge in [-0.1, -0.05) is 38.5 Å². The first-order valence-corrected chi connectivity index (χ1v) is 8.87. The second-order valence-corrected chi connectivity index (χ2v) is 7.12. The van der Waals surface area contributed by atoms with Crippen LogP contribution in [0.3, 0.4) is 0 Å². The van der Waals surface area contributed by atoms with Crippen molar-refractivity contribution >= 4 is 5.91 Å². The summed E-state index contributed by atoms with van der Waals surface area (Å²) in [5.41, 5.74) is 0. The summed E-state index contributed by atoms with van der Waals surface area (Å²) in [7, 11) is 0. The van der Waals surface area contributed by atoms with Crippen molar-refractivity contribution in [2.24, 2.45) is 5.92 Å². The van der Waals surface area contributed by atoms with Crippen LogP contribution in [0.5, 0.6) is 0 Å². The van der Waals surface area contributed by atoms with Crippen LogP contribution in [0.15, 0.2) is 0 Å². The zero-order valence-corrected chi connectivity index (χ0v) is 12.8. The molecule has 1 heterocycles. The molecular weight excluding hydrogens is 248 g/mol. The molecule has 1 atom stereocenters. The summed E-state index contributed by atoms with van der Waals surface area (Å²) in [5.74, 6) is 0.660. The van der Waals surface area contributed by atoms with Crippen molar-refractivity contribution in [2.45, 2.75) is 82.7 Å². The van der Waals surface area contributed by atoms with Crippen LogP contribution in [0.1, 0.15) is 70.6 Å². The highest BCUT2D eigenvalue weighted by Gasteiger charge is 2.31. The topological polar surface area (TPSA) is 32.3 Å². The van der Waals surface area contributed by atoms with E-state index >= 15 is 0 Å². The Kier molecular flexibility index (Phi) is 4.98. The van der Waals surface area contributed by atoms with Crippen LogP contribution >= 0.6 is 0 Å². The lowest BCUT2D eigenvalue weighted by atomic mass is 9.88. The van der Waals surface area contributed by atoms with Gasteiger partial charge < -0.3 is 5.32 Å². The van der Waals surface area contributed by atoms with Gasteiger partial charge in [-0.25, -0.2) is 0 Å². The second kappa shape index (κ2) is 6.93. The fraction of sp³-hybridized carbons (Fsp3) is 0.941. The fourth-order valence-corrected chi connectivity index (χ4v) is 4.37. The number of carbonyl (C=O) groups excluding carboxylic acids is 1. The maximum absolute atomic E-state index is 12.3. The number of nitrogens with one attached hydrogen (secondary N) is 1. The molecule has 0 aromatic rings. The molecule has 0 spiro atoms. The Morgan fingerprint density at radius 1 is 0.850 bits per heavy atom. The number of amides is 1. The van der Waals surface area contributed by atoms with Gasteiger partial charge in [0, 0.05) is 31.1 Å². The average Bonchev–Trinajstić information content (AvgIpc) is 2.97. The second-order valence-electron chi connectivity index (χ2n) is 7.12. The van der Waals surface area contributed by atoms with Crippen LogP contribution < -0.4 is 5.32 Å². The molecule has 3 heteroatoms. The molecule has 1 saturated heterocycles. The van der Waals surface area contributed by atoms with Gasteiger partial charge in [-0.2, -0.15) is 0 Å². The molecule has 0 aromatic heterocycles. The van der Waals surface area contributed by atoms with Crippen molar-refractivity contribution in [3.8, 4) is 0 Å². The van der Waals surface area contributed by atoms with E-state index < -0.39 is 0 Å². The van der Waals surface area contributed by atoms with Gasteiger partial charge in [0.25, 0.3) is 0 Å². The number of carbonyl (C=O) groups is 1. The molecule has 1 unspecified atom stereocenters. The third kappa shape index (κ3) is 3.55. The summed E-state index contributed by atoms with van der Waals surface area (Å²) in [6, 6.07) is 1.23. The molecule has 114 valence electrons. The third-order valence-corrected chi connectivity index (χ3v) is 5.63. The van der Waals surface area contributed by atoms with Gasteiger partial charge >= 0.3 is 0 Å². The van der Waals surface area contributed by atoms with Gasteiger partial charge in [-0.3, -0.25) is 9.69 Å². The lowest BCUT2D eigenvalue weighted by Crippen LogP contribution is -2.42. The summed E-state index contributed by atoms with van der Waals surface area (Å²) in [4.78, 5) is 15.0. The largest absolute Gasteiger partial charge is 0.352 e. The van der Waals surface area contributed by atoms with E-state index in [0.29, 0.717) is 17.9 Å². The van der Waals surface area contributed by atoms with E-state index in [1.807, 2.05) is 0 Å². The van der Waals surface area contributed by atoms with E-state index in [2.05, 4.69) is 10.2 Å². The monoisotopic (exact) mass is 278 g/mol. The molecule has 3 nitrogen and oxygen atoms in total. The molecule has 3 rings (SSSR count). The number of likely N-dealkylation sites (tertiary alicyclic amines) is 1. The summed E-state index contributed by atoms with van der Waals surface area (Å²) in [6.07, 6.45) is 14.2. The zero-order chi connectivity index (χ0) is 13.8. The molecule has 3 fully saturated rings. The molecular formula is C17H30N2O. The number of rotatable bonds is 3. The molecule has 1 aliphatic heterocycles. The molecule has 3 aliphatic rings. The quantitative estimate of drug-likeness (QED) is 0.860. The first-order valence-electron chi connectivity index (χ1n) is 8.87. The highest BCUT2D eigenvalue weighted by molar-refractivity contribution is 5.79. The van der Waals surface area contributed by atoms with Crippen molar-refractivity contribution in [1.29, 1.82) is 0 Å². The highest BCUT2D eigenvalue weighted by atomic mass is 16.1. The van der Waals surface area contributed by atoms with Gasteiger partial charge in [-0.15, -0.1) is 0 Å². The predicted molar refractivity (Wildman–Crippen MR) is 81.6 cm³/mol. The van der Waals surface area contributed by atoms with Gasteiger partial charge in [-0.05, 0) is 32.1 Å². The lowest BCUT2D eigenvalue weighted by Gasteiger charge is -2.31. The number of nitrogens with zero attached hydrogens (tertiary/aromatic N) is 1. The van der Waals surface area contributed by atoms with Crippen LogP contribution in [0.25, 0.3) is 0 Å². The molecule has 0 radical (unpaired) electrons. The summed E-state index contributed by atoms with van der Waals surface area (Å²) >= 11 is 0. The summed E-state index contributed by atoms with van der Waals surface area (Å²) in [5, 5.41) is 3.34. The molecule has 0 bridgehead atoms. The molecule has 0 aromatic carbocycles. The van der Waals surface area contributed by atoms with E-state index in [1.165, 1.54) is 57.9 Å². The third-order valence-electron chi connectivity index (χ3n) is 5.63. The lowest BCUT2D eigenvalue weighted by molar-refractivity contribution is -0.126. The Morgan fingerprint density at radius 3 is 2.20 bits per heavy atom. The van der Waals surface area contributed by atoms with E-state index in [1.54, 1.807) is 0 Å². The Balaban J connectivity index is 1.43. The molecule has 2 aliphatic carbocycles. The van der Waals surface area contributed by atoms with Gasteiger partial charge in [0.1, 0.15) is 0 Å². The van der Waals surface area contributed by atoms with E-state index in [-0.39, 0.29) is 0 Å². The van der Waals surface area contributed by atoms with Crippen molar-refractivity contribution < 1.29 is 4.79 Å². The van der Waals surface area contributed by atoms with Crippen molar-refractivity contribution in [3.63, 3.8) is 0 Å². The smallest absolute Gasteiger partial charge is 0.223 e. The Labute approximate surface area is 123 Å². The Morgan fingerprint density at radius 2 is 1.50 bits per heavy atom. The molecule has 2 saturated carbocycles. The molecule has 20 heavy (non-hydrogen) atoms. The number of hydrogen-bond donors (Lipinski definition) is 1. The normalized spacial score (nSPS) is 30.5. The van der Waals surface area contributed by atoms with Gasteiger partial charge in [0.15, 0.2) is 0 Å². The minimum atomic E-state index is 0.312. The maximum atomic E-state index is 12.3. The van der Waals surface area contributed by atoms with Crippen molar-refractivity contribution in [1.82, 2.24) is 10.2 Å². The van der Waals surface area contributed by atoms with Crippen LogP contribution in [0.2, 0.25) is 0 Å². The SMILES string of the molecule is O=C(NC1CCN(C2CCCCC2)C1)C1CCCCC1. The Bertz CT molecular complexity index is 319. The molecule has 1 N–H and O–H groups in total. The maximum Gasteiger partial charge on any atom is 0.223 e. The first-order chi connectivity index (χ1) is 9.83.